The third kappa shape index (κ3) is 2.40. The quantitative estimate of drug-likeness (QED) is 0.706. The van der Waals surface area contributed by atoms with Crippen LogP contribution in [-0.2, 0) is 0 Å². The predicted octanol–water partition coefficient (Wildman–Crippen LogP) is 1.77. The number of imidazole rings is 1. The zero-order valence-electron chi connectivity index (χ0n) is 14.6. The van der Waals surface area contributed by atoms with Crippen molar-refractivity contribution in [3.8, 4) is 0 Å². The molecule has 1 aliphatic heterocycles. The highest BCUT2D eigenvalue weighted by Crippen LogP contribution is 2.31. The maximum Gasteiger partial charge on any atom is 0.326 e. The van der Waals surface area contributed by atoms with Crippen LogP contribution in [0.4, 0.5) is 4.79 Å². The lowest BCUT2D eigenvalue weighted by atomic mass is 9.93. The molecule has 0 aliphatic carbocycles. The van der Waals surface area contributed by atoms with Crippen LogP contribution in [0.15, 0.2) is 23.3 Å². The molecule has 25 heavy (non-hydrogen) atoms. The monoisotopic (exact) mass is 342 g/mol. The first-order valence-corrected chi connectivity index (χ1v) is 8.50. The number of aromatic amines is 2. The number of likely N-dealkylation sites (tertiary alicyclic amines) is 1. The second kappa shape index (κ2) is 5.65. The lowest BCUT2D eigenvalue weighted by molar-refractivity contribution is 0.123. The number of aromatic nitrogens is 4. The number of pyridine rings is 1. The molecule has 2 N–H and O–H groups in total. The van der Waals surface area contributed by atoms with E-state index in [1.165, 1.54) is 0 Å². The molecule has 0 radical (unpaired) electrons. The molecule has 2 amide bonds. The predicted molar refractivity (Wildman–Crippen MR) is 95.7 cm³/mol. The summed E-state index contributed by atoms with van der Waals surface area (Å²) in [5.41, 5.74) is 2.18. The van der Waals surface area contributed by atoms with Gasteiger partial charge in [-0.3, -0.25) is 4.57 Å². The minimum atomic E-state index is -0.151. The van der Waals surface area contributed by atoms with E-state index in [1.54, 1.807) is 25.2 Å². The Bertz CT molecular complexity index is 998. The van der Waals surface area contributed by atoms with Gasteiger partial charge in [0.05, 0.1) is 23.3 Å². The van der Waals surface area contributed by atoms with Crippen molar-refractivity contribution in [2.45, 2.75) is 19.4 Å². The summed E-state index contributed by atoms with van der Waals surface area (Å²) in [5, 5.41) is 0.916. The molecule has 8 heteroatoms. The van der Waals surface area contributed by atoms with E-state index in [4.69, 9.17) is 0 Å². The van der Waals surface area contributed by atoms with Crippen molar-refractivity contribution in [3.05, 3.63) is 28.9 Å². The Balaban J connectivity index is 1.85. The zero-order valence-corrected chi connectivity index (χ0v) is 14.6. The van der Waals surface area contributed by atoms with E-state index in [9.17, 15) is 9.59 Å². The first-order chi connectivity index (χ1) is 12.0. The van der Waals surface area contributed by atoms with Crippen LogP contribution in [-0.4, -0.2) is 62.5 Å². The van der Waals surface area contributed by atoms with Gasteiger partial charge in [0.1, 0.15) is 5.65 Å². The molecule has 8 nitrogen and oxygen atoms in total. The smallest absolute Gasteiger partial charge is 0.326 e. The van der Waals surface area contributed by atoms with Gasteiger partial charge in [0.2, 0.25) is 0 Å². The summed E-state index contributed by atoms with van der Waals surface area (Å²) in [7, 11) is 3.50. The molecule has 0 saturated carbocycles. The molecule has 0 spiro atoms. The Morgan fingerprint density at radius 2 is 2.20 bits per heavy atom. The molecular weight excluding hydrogens is 320 g/mol. The van der Waals surface area contributed by atoms with Gasteiger partial charge in [-0.25, -0.2) is 14.6 Å². The minimum absolute atomic E-state index is 0.0155. The Morgan fingerprint density at radius 3 is 2.96 bits per heavy atom. The lowest BCUT2D eigenvalue weighted by Gasteiger charge is -2.38. The maximum atomic E-state index is 12.7. The molecule has 1 aliphatic rings. The van der Waals surface area contributed by atoms with Gasteiger partial charge >= 0.3 is 11.7 Å². The van der Waals surface area contributed by atoms with Gasteiger partial charge in [-0.1, -0.05) is 6.92 Å². The summed E-state index contributed by atoms with van der Waals surface area (Å²) < 4.78 is 1.81. The SMILES string of the molecule is C[C@@H]1CCN(C(=O)N(C)C)C[C@@H]1n1c(=O)[nH]c2cnc3[nH]ccc3c21. The molecule has 1 saturated heterocycles. The van der Waals surface area contributed by atoms with Crippen LogP contribution in [0.5, 0.6) is 0 Å². The number of nitrogens with zero attached hydrogens (tertiary/aromatic N) is 4. The number of carbonyl (C=O) groups is 1. The second-order valence-electron chi connectivity index (χ2n) is 7.02. The molecule has 4 rings (SSSR count). The molecule has 0 unspecified atom stereocenters. The lowest BCUT2D eigenvalue weighted by Crippen LogP contribution is -2.48. The normalized spacial score (nSPS) is 21.2. The van der Waals surface area contributed by atoms with Crippen LogP contribution in [0.1, 0.15) is 19.4 Å². The number of rotatable bonds is 1. The number of amides is 2. The van der Waals surface area contributed by atoms with Crippen LogP contribution < -0.4 is 5.69 Å². The fraction of sp³-hybridized carbons (Fsp3) is 0.471. The molecule has 3 aromatic heterocycles. The minimum Gasteiger partial charge on any atom is -0.346 e. The van der Waals surface area contributed by atoms with Crippen LogP contribution in [0.2, 0.25) is 0 Å². The van der Waals surface area contributed by atoms with E-state index >= 15 is 0 Å². The summed E-state index contributed by atoms with van der Waals surface area (Å²) in [6, 6.07) is 1.85. The van der Waals surface area contributed by atoms with Crippen LogP contribution in [0.25, 0.3) is 22.1 Å². The molecule has 2 atom stereocenters. The van der Waals surface area contributed by atoms with Crippen LogP contribution in [0.3, 0.4) is 0 Å². The highest BCUT2D eigenvalue weighted by molar-refractivity contribution is 6.00. The summed E-state index contributed by atoms with van der Waals surface area (Å²) in [5.74, 6) is 0.296. The second-order valence-corrected chi connectivity index (χ2v) is 7.02. The number of piperidine rings is 1. The number of carbonyl (C=O) groups excluding carboxylic acids is 1. The summed E-state index contributed by atoms with van der Waals surface area (Å²) in [6.07, 6.45) is 4.37. The maximum absolute atomic E-state index is 12.7. The summed E-state index contributed by atoms with van der Waals surface area (Å²) in [4.78, 5) is 38.9. The third-order valence-corrected chi connectivity index (χ3v) is 5.16. The Hall–Kier alpha value is -2.77. The molecule has 4 heterocycles. The Morgan fingerprint density at radius 1 is 1.40 bits per heavy atom. The number of H-pyrrole nitrogens is 2. The van der Waals surface area contributed by atoms with E-state index in [0.717, 1.165) is 28.5 Å². The highest BCUT2D eigenvalue weighted by Gasteiger charge is 2.33. The summed E-state index contributed by atoms with van der Waals surface area (Å²) >= 11 is 0. The number of hydrogen-bond acceptors (Lipinski definition) is 3. The molecule has 1 fully saturated rings. The van der Waals surface area contributed by atoms with Crippen molar-refractivity contribution >= 4 is 28.1 Å². The molecular formula is C17H22N6O2. The first-order valence-electron chi connectivity index (χ1n) is 8.50. The number of urea groups is 1. The fourth-order valence-corrected chi connectivity index (χ4v) is 3.78. The average Bonchev–Trinajstić information content (AvgIpc) is 3.17. The van der Waals surface area contributed by atoms with E-state index in [-0.39, 0.29) is 17.8 Å². The van der Waals surface area contributed by atoms with E-state index in [1.807, 2.05) is 21.7 Å². The Kier molecular flexibility index (Phi) is 3.55. The van der Waals surface area contributed by atoms with E-state index in [2.05, 4.69) is 21.9 Å². The van der Waals surface area contributed by atoms with Crippen molar-refractivity contribution < 1.29 is 4.79 Å². The van der Waals surface area contributed by atoms with Gasteiger partial charge in [0.15, 0.2) is 0 Å². The van der Waals surface area contributed by atoms with Gasteiger partial charge in [0, 0.05) is 38.8 Å². The van der Waals surface area contributed by atoms with Crippen molar-refractivity contribution in [1.29, 1.82) is 0 Å². The average molecular weight is 342 g/mol. The topological polar surface area (TPSA) is 90.0 Å². The van der Waals surface area contributed by atoms with Crippen molar-refractivity contribution in [1.82, 2.24) is 29.3 Å². The summed E-state index contributed by atoms with van der Waals surface area (Å²) in [6.45, 7) is 3.38. The molecule has 0 bridgehead atoms. The number of fused-ring (bicyclic) bond motifs is 3. The largest absolute Gasteiger partial charge is 0.346 e. The standard InChI is InChI=1S/C17H22N6O2/c1-10-5-7-22(17(25)21(2)3)9-13(10)23-14-11-4-6-18-15(11)19-8-12(14)20-16(23)24/h4,6,8,10,13H,5,7,9H2,1-3H3,(H,18,19)(H,20,24)/t10-,13+/m1/s1. The zero-order chi connectivity index (χ0) is 17.7. The molecule has 0 aromatic carbocycles. The van der Waals surface area contributed by atoms with Crippen molar-refractivity contribution in [2.24, 2.45) is 5.92 Å². The van der Waals surface area contributed by atoms with E-state index in [0.29, 0.717) is 19.0 Å². The number of hydrogen-bond donors (Lipinski definition) is 2. The first kappa shape index (κ1) is 15.7. The van der Waals surface area contributed by atoms with Crippen molar-refractivity contribution in [3.63, 3.8) is 0 Å². The fourth-order valence-electron chi connectivity index (χ4n) is 3.78. The van der Waals surface area contributed by atoms with Crippen LogP contribution in [0, 0.1) is 5.92 Å². The van der Waals surface area contributed by atoms with Crippen molar-refractivity contribution in [2.75, 3.05) is 27.2 Å². The van der Waals surface area contributed by atoms with Gasteiger partial charge in [-0.2, -0.15) is 0 Å². The van der Waals surface area contributed by atoms with E-state index < -0.39 is 0 Å². The van der Waals surface area contributed by atoms with Gasteiger partial charge < -0.3 is 19.8 Å². The van der Waals surface area contributed by atoms with Gasteiger partial charge in [-0.05, 0) is 18.4 Å². The van der Waals surface area contributed by atoms with Crippen LogP contribution >= 0.6 is 0 Å². The third-order valence-electron chi connectivity index (χ3n) is 5.16. The molecule has 3 aromatic rings. The van der Waals surface area contributed by atoms with Gasteiger partial charge in [0.25, 0.3) is 0 Å². The van der Waals surface area contributed by atoms with Gasteiger partial charge in [-0.15, -0.1) is 0 Å². The number of nitrogens with one attached hydrogen (secondary N) is 2. The highest BCUT2D eigenvalue weighted by atomic mass is 16.2. The Labute approximate surface area is 144 Å². The molecule has 132 valence electrons.